The van der Waals surface area contributed by atoms with Crippen molar-refractivity contribution in [3.05, 3.63) is 52.8 Å². The average molecular weight is 420 g/mol. The van der Waals surface area contributed by atoms with Crippen molar-refractivity contribution >= 4 is 34.4 Å². The smallest absolute Gasteiger partial charge is 0.543 e. The van der Waals surface area contributed by atoms with E-state index in [2.05, 4.69) is 4.98 Å². The van der Waals surface area contributed by atoms with Gasteiger partial charge in [0.1, 0.15) is 0 Å². The van der Waals surface area contributed by atoms with Gasteiger partial charge < -0.3 is 19.9 Å². The number of aryl methyl sites for hydroxylation is 1. The molecule has 4 rings (SSSR count). The fraction of sp³-hybridized carbons (Fsp3) is 0.381. The van der Waals surface area contributed by atoms with Gasteiger partial charge in [0.05, 0.1) is 29.7 Å². The Bertz CT molecular complexity index is 988. The number of fused-ring (bicyclic) bond motifs is 2. The van der Waals surface area contributed by atoms with Crippen LogP contribution in [0.4, 0.5) is 0 Å². The van der Waals surface area contributed by atoms with Crippen molar-refractivity contribution in [1.82, 2.24) is 9.88 Å². The van der Waals surface area contributed by atoms with E-state index >= 15 is 0 Å². The fourth-order valence-electron chi connectivity index (χ4n) is 4.34. The van der Waals surface area contributed by atoms with Gasteiger partial charge >= 0.3 is 29.6 Å². The summed E-state index contributed by atoms with van der Waals surface area (Å²) >= 11 is 1.44. The monoisotopic (exact) mass is 420 g/mol. The Morgan fingerprint density at radius 1 is 1.34 bits per heavy atom. The second-order valence-corrected chi connectivity index (χ2v) is 8.47. The van der Waals surface area contributed by atoms with E-state index in [1.54, 1.807) is 13.1 Å². The number of aliphatic carboxylic acids is 1. The van der Waals surface area contributed by atoms with Gasteiger partial charge in [0, 0.05) is 33.9 Å². The zero-order chi connectivity index (χ0) is 20.0. The molecule has 0 bridgehead atoms. The van der Waals surface area contributed by atoms with Crippen LogP contribution in [0.25, 0.3) is 10.8 Å². The minimum Gasteiger partial charge on any atom is -0.543 e. The number of carbonyl (C=O) groups excluding carboxylic acids is 2. The van der Waals surface area contributed by atoms with Crippen LogP contribution in [-0.4, -0.2) is 44.8 Å². The van der Waals surface area contributed by atoms with E-state index in [4.69, 9.17) is 0 Å². The number of hydrogen-bond acceptors (Lipinski definition) is 6. The van der Waals surface area contributed by atoms with Gasteiger partial charge in [0.25, 0.3) is 0 Å². The van der Waals surface area contributed by atoms with Crippen molar-refractivity contribution in [1.29, 1.82) is 0 Å². The molecule has 0 saturated carbocycles. The Kier molecular flexibility index (Phi) is 6.75. The van der Waals surface area contributed by atoms with E-state index in [-0.39, 0.29) is 53.1 Å². The summed E-state index contributed by atoms with van der Waals surface area (Å²) in [6.07, 6.45) is 1.66. The number of pyridine rings is 1. The number of hydrogen-bond donors (Lipinski definition) is 1. The van der Waals surface area contributed by atoms with Crippen LogP contribution in [0.3, 0.4) is 0 Å². The molecule has 0 aliphatic carbocycles. The van der Waals surface area contributed by atoms with Gasteiger partial charge in [-0.3, -0.25) is 9.78 Å². The van der Waals surface area contributed by atoms with Gasteiger partial charge in [0.15, 0.2) is 0 Å². The molecular weight excluding hydrogens is 399 g/mol. The third kappa shape index (κ3) is 3.75. The van der Waals surface area contributed by atoms with Gasteiger partial charge in [-0.2, -0.15) is 0 Å². The summed E-state index contributed by atoms with van der Waals surface area (Å²) < 4.78 is 0. The number of nitrogens with zero attached hydrogens (tertiary/aromatic N) is 2. The molecule has 146 valence electrons. The molecule has 2 aliphatic heterocycles. The number of aliphatic hydroxyl groups excluding tert-OH is 1. The molecule has 2 aliphatic rings. The molecule has 6 nitrogen and oxygen atoms in total. The number of rotatable bonds is 6. The molecule has 1 aromatic carbocycles. The van der Waals surface area contributed by atoms with Crippen molar-refractivity contribution in [2.24, 2.45) is 11.8 Å². The largest absolute Gasteiger partial charge is 1.00 e. The number of carboxylic acids is 1. The van der Waals surface area contributed by atoms with Gasteiger partial charge in [-0.15, -0.1) is 11.8 Å². The van der Waals surface area contributed by atoms with Crippen LogP contribution >= 0.6 is 11.8 Å². The van der Waals surface area contributed by atoms with Crippen molar-refractivity contribution < 1.29 is 49.4 Å². The Labute approximate surface area is 195 Å². The van der Waals surface area contributed by atoms with Crippen LogP contribution in [0.1, 0.15) is 19.5 Å². The molecule has 1 aromatic heterocycles. The average Bonchev–Trinajstić information content (AvgIpc) is 2.90. The first-order valence-electron chi connectivity index (χ1n) is 9.34. The quantitative estimate of drug-likeness (QED) is 0.444. The van der Waals surface area contributed by atoms with Gasteiger partial charge in [-0.25, -0.2) is 0 Å². The SMILES string of the molecule is C[C@@H](O)[C@H]1C(=O)N2C(C(=O)[O-])=C(SCCc3nccc4ccccc34)[C@H](C)[C@H]12.[Na+]. The molecule has 1 N–H and O–H groups in total. The minimum atomic E-state index is -1.34. The third-order valence-electron chi connectivity index (χ3n) is 5.65. The standard InChI is InChI=1S/C21H22N2O4S.Na/c1-11-17-16(12(2)24)20(25)23(17)18(21(26)27)19(11)28-10-8-15-14-6-4-3-5-13(14)7-9-22-15;/h3-7,9,11-12,16-17,24H,8,10H2,1-2H3,(H,26,27);/q;+1/p-1/t11-,12-,16-,17-;/m1./s1. The summed E-state index contributed by atoms with van der Waals surface area (Å²) in [6, 6.07) is 9.69. The molecule has 8 heteroatoms. The second-order valence-electron chi connectivity index (χ2n) is 7.33. The summed E-state index contributed by atoms with van der Waals surface area (Å²) in [5, 5.41) is 23.8. The molecule has 1 amide bonds. The predicted octanol–water partition coefficient (Wildman–Crippen LogP) is -1.67. The maximum Gasteiger partial charge on any atom is 1.00 e. The van der Waals surface area contributed by atoms with E-state index in [9.17, 15) is 19.8 Å². The van der Waals surface area contributed by atoms with Crippen LogP contribution in [0, 0.1) is 11.8 Å². The molecule has 2 aromatic rings. The molecular formula is C21H21N2NaO4S. The number of carbonyl (C=O) groups is 2. The van der Waals surface area contributed by atoms with E-state index in [0.29, 0.717) is 17.1 Å². The molecule has 0 unspecified atom stereocenters. The Morgan fingerprint density at radius 3 is 2.76 bits per heavy atom. The summed E-state index contributed by atoms with van der Waals surface area (Å²) in [4.78, 5) is 30.5. The topological polar surface area (TPSA) is 93.6 Å². The third-order valence-corrected chi connectivity index (χ3v) is 6.94. The summed E-state index contributed by atoms with van der Waals surface area (Å²) in [6.45, 7) is 3.48. The van der Waals surface area contributed by atoms with Crippen LogP contribution in [-0.2, 0) is 16.0 Å². The predicted molar refractivity (Wildman–Crippen MR) is 105 cm³/mol. The first-order chi connectivity index (χ1) is 13.4. The number of amides is 1. The molecule has 1 fully saturated rings. The van der Waals surface area contributed by atoms with Crippen molar-refractivity contribution in [2.45, 2.75) is 32.4 Å². The fourth-order valence-corrected chi connectivity index (χ4v) is 5.58. The zero-order valence-corrected chi connectivity index (χ0v) is 19.5. The molecule has 0 spiro atoms. The number of thioether (sulfide) groups is 1. The molecule has 0 radical (unpaired) electrons. The van der Waals surface area contributed by atoms with E-state index < -0.39 is 18.0 Å². The van der Waals surface area contributed by atoms with Gasteiger partial charge in [-0.1, -0.05) is 31.2 Å². The van der Waals surface area contributed by atoms with Gasteiger partial charge in [0.2, 0.25) is 5.91 Å². The first kappa shape index (κ1) is 22.3. The van der Waals surface area contributed by atoms with Crippen molar-refractivity contribution in [2.75, 3.05) is 5.75 Å². The summed E-state index contributed by atoms with van der Waals surface area (Å²) in [7, 11) is 0. The first-order valence-corrected chi connectivity index (χ1v) is 10.3. The maximum absolute atomic E-state index is 12.4. The Balaban J connectivity index is 0.00000240. The maximum atomic E-state index is 12.4. The molecule has 3 heterocycles. The Morgan fingerprint density at radius 2 is 2.07 bits per heavy atom. The minimum absolute atomic E-state index is 0. The van der Waals surface area contributed by atoms with E-state index in [1.807, 2.05) is 37.3 Å². The number of β-lactam (4-membered cyclic amide) rings is 1. The second kappa shape index (κ2) is 8.78. The van der Waals surface area contributed by atoms with E-state index in [1.165, 1.54) is 16.7 Å². The van der Waals surface area contributed by atoms with Crippen LogP contribution in [0.2, 0.25) is 0 Å². The Hall–Kier alpha value is -1.38. The molecule has 4 atom stereocenters. The van der Waals surface area contributed by atoms with Crippen molar-refractivity contribution in [3.8, 4) is 0 Å². The summed E-state index contributed by atoms with van der Waals surface area (Å²) in [5.74, 6) is -1.72. The van der Waals surface area contributed by atoms with Crippen LogP contribution < -0.4 is 34.7 Å². The normalized spacial score (nSPS) is 24.2. The van der Waals surface area contributed by atoms with Crippen LogP contribution in [0.15, 0.2) is 47.1 Å². The number of aliphatic hydroxyl groups is 1. The van der Waals surface area contributed by atoms with E-state index in [0.717, 1.165) is 16.5 Å². The van der Waals surface area contributed by atoms with Crippen molar-refractivity contribution in [3.63, 3.8) is 0 Å². The van der Waals surface area contributed by atoms with Crippen LogP contribution in [0.5, 0.6) is 0 Å². The number of carboxylic acid groups (broad SMARTS) is 1. The molecule has 1 saturated heterocycles. The number of aromatic nitrogens is 1. The molecule has 29 heavy (non-hydrogen) atoms. The van der Waals surface area contributed by atoms with Gasteiger partial charge in [-0.05, 0) is 24.8 Å². The summed E-state index contributed by atoms with van der Waals surface area (Å²) in [5.41, 5.74) is 0.934. The zero-order valence-electron chi connectivity index (χ0n) is 16.7. The number of benzene rings is 1.